The Labute approximate surface area is 124 Å². The summed E-state index contributed by atoms with van der Waals surface area (Å²) in [4.78, 5) is 23.7. The number of carbonyl (C=O) groups is 1. The zero-order valence-corrected chi connectivity index (χ0v) is 12.4. The first-order chi connectivity index (χ1) is 8.99. The Morgan fingerprint density at radius 1 is 1.53 bits per heavy atom. The van der Waals surface area contributed by atoms with Gasteiger partial charge in [-0.2, -0.15) is 0 Å². The summed E-state index contributed by atoms with van der Waals surface area (Å²) in [7, 11) is 0. The van der Waals surface area contributed by atoms with Crippen LogP contribution in [-0.2, 0) is 4.79 Å². The van der Waals surface area contributed by atoms with Gasteiger partial charge in [-0.15, -0.1) is 0 Å². The fourth-order valence-corrected chi connectivity index (χ4v) is 2.98. The van der Waals surface area contributed by atoms with E-state index in [2.05, 4.69) is 4.90 Å². The molecule has 19 heavy (non-hydrogen) atoms. The average Bonchev–Trinajstić information content (AvgIpc) is 2.38. The van der Waals surface area contributed by atoms with Crippen LogP contribution in [0.3, 0.4) is 0 Å². The van der Waals surface area contributed by atoms with Crippen molar-refractivity contribution in [3.63, 3.8) is 0 Å². The van der Waals surface area contributed by atoms with Crippen molar-refractivity contribution in [3.8, 4) is 0 Å². The number of nitrogens with two attached hydrogens (primary N) is 1. The van der Waals surface area contributed by atoms with Gasteiger partial charge in [0, 0.05) is 24.8 Å². The number of rotatable bonds is 3. The van der Waals surface area contributed by atoms with Crippen LogP contribution in [0.15, 0.2) is 18.2 Å². The number of carbonyl (C=O) groups excluding carboxylic acids is 1. The summed E-state index contributed by atoms with van der Waals surface area (Å²) in [6.07, 6.45) is 1.72. The molecule has 1 aromatic carbocycles. The van der Waals surface area contributed by atoms with Gasteiger partial charge in [0.2, 0.25) is 5.91 Å². The molecule has 6 nitrogen and oxygen atoms in total. The number of hydrogen-bond acceptors (Lipinski definition) is 4. The lowest BCUT2D eigenvalue weighted by Crippen LogP contribution is -2.41. The highest BCUT2D eigenvalue weighted by Crippen LogP contribution is 2.29. The smallest absolute Gasteiger partial charge is 0.282 e. The van der Waals surface area contributed by atoms with E-state index in [9.17, 15) is 14.9 Å². The van der Waals surface area contributed by atoms with Gasteiger partial charge in [0.05, 0.1) is 14.4 Å². The average molecular weight is 375 g/mol. The van der Waals surface area contributed by atoms with Crippen LogP contribution in [0, 0.1) is 19.6 Å². The minimum absolute atomic E-state index is 0.104. The number of halogens is 1. The minimum Gasteiger partial charge on any atom is -0.371 e. The van der Waals surface area contributed by atoms with E-state index in [-0.39, 0.29) is 17.5 Å². The maximum atomic E-state index is 11.2. The van der Waals surface area contributed by atoms with Crippen molar-refractivity contribution >= 4 is 39.9 Å². The number of nitro groups is 1. The van der Waals surface area contributed by atoms with Crippen LogP contribution in [0.25, 0.3) is 0 Å². The van der Waals surface area contributed by atoms with Crippen LogP contribution in [0.1, 0.15) is 12.8 Å². The van der Waals surface area contributed by atoms with Gasteiger partial charge in [-0.25, -0.2) is 0 Å². The zero-order valence-electron chi connectivity index (χ0n) is 10.2. The maximum Gasteiger partial charge on any atom is 0.282 e. The largest absolute Gasteiger partial charge is 0.371 e. The molecule has 0 aromatic heterocycles. The van der Waals surface area contributed by atoms with Gasteiger partial charge in [0.15, 0.2) is 0 Å². The summed E-state index contributed by atoms with van der Waals surface area (Å²) >= 11 is 1.96. The van der Waals surface area contributed by atoms with Crippen LogP contribution in [0.4, 0.5) is 11.4 Å². The fraction of sp³-hybridized carbons (Fsp3) is 0.417. The van der Waals surface area contributed by atoms with Crippen LogP contribution >= 0.6 is 22.6 Å². The molecule has 1 unspecified atom stereocenters. The van der Waals surface area contributed by atoms with Gasteiger partial charge in [0.1, 0.15) is 0 Å². The van der Waals surface area contributed by atoms with Crippen molar-refractivity contribution in [2.75, 3.05) is 18.0 Å². The van der Waals surface area contributed by atoms with E-state index in [1.165, 1.54) is 6.07 Å². The topological polar surface area (TPSA) is 89.5 Å². The molecule has 1 atom stereocenters. The van der Waals surface area contributed by atoms with Crippen molar-refractivity contribution in [2.24, 2.45) is 11.7 Å². The second kappa shape index (κ2) is 5.72. The van der Waals surface area contributed by atoms with Crippen molar-refractivity contribution in [1.82, 2.24) is 0 Å². The van der Waals surface area contributed by atoms with Crippen molar-refractivity contribution in [1.29, 1.82) is 0 Å². The van der Waals surface area contributed by atoms with Gasteiger partial charge < -0.3 is 10.6 Å². The van der Waals surface area contributed by atoms with E-state index >= 15 is 0 Å². The molecule has 1 aliphatic rings. The minimum atomic E-state index is -0.395. The Balaban J connectivity index is 2.20. The molecule has 0 aliphatic carbocycles. The van der Waals surface area contributed by atoms with E-state index in [0.29, 0.717) is 10.1 Å². The molecule has 1 aromatic rings. The zero-order chi connectivity index (χ0) is 14.0. The Kier molecular flexibility index (Phi) is 4.23. The molecule has 1 heterocycles. The number of nitro benzene ring substituents is 1. The molecule has 1 amide bonds. The molecule has 0 spiro atoms. The lowest BCUT2D eigenvalue weighted by molar-refractivity contribution is -0.385. The maximum absolute atomic E-state index is 11.2. The van der Waals surface area contributed by atoms with Gasteiger partial charge >= 0.3 is 0 Å². The standard InChI is InChI=1S/C12H14IN3O3/c13-10-6-9(3-4-11(10)16(18)19)15-5-1-2-8(7-15)12(14)17/h3-4,6,8H,1-2,5,7H2,(H2,14,17). The molecule has 2 N–H and O–H groups in total. The predicted octanol–water partition coefficient (Wildman–Crippen LogP) is 1.90. The van der Waals surface area contributed by atoms with Crippen LogP contribution in [0.2, 0.25) is 0 Å². The van der Waals surface area contributed by atoms with E-state index in [4.69, 9.17) is 5.73 Å². The second-order valence-electron chi connectivity index (χ2n) is 4.58. The van der Waals surface area contributed by atoms with E-state index < -0.39 is 4.92 Å². The monoisotopic (exact) mass is 375 g/mol. The molecule has 102 valence electrons. The van der Waals surface area contributed by atoms with E-state index in [0.717, 1.165) is 25.1 Å². The lowest BCUT2D eigenvalue weighted by atomic mass is 9.97. The molecule has 1 fully saturated rings. The SMILES string of the molecule is NC(=O)C1CCCN(c2ccc([N+](=O)[O-])c(I)c2)C1. The van der Waals surface area contributed by atoms with Crippen molar-refractivity contribution in [2.45, 2.75) is 12.8 Å². The third-order valence-electron chi connectivity index (χ3n) is 3.32. The molecule has 2 rings (SSSR count). The number of hydrogen-bond donors (Lipinski definition) is 1. The van der Waals surface area contributed by atoms with Crippen LogP contribution < -0.4 is 10.6 Å². The fourth-order valence-electron chi connectivity index (χ4n) is 2.28. The molecule has 0 bridgehead atoms. The van der Waals surface area contributed by atoms with Crippen molar-refractivity contribution in [3.05, 3.63) is 31.9 Å². The first-order valence-corrected chi connectivity index (χ1v) is 7.05. The predicted molar refractivity (Wildman–Crippen MR) is 79.9 cm³/mol. The first kappa shape index (κ1) is 14.0. The molecule has 0 radical (unpaired) electrons. The summed E-state index contributed by atoms with van der Waals surface area (Å²) in [6.45, 7) is 1.43. The summed E-state index contributed by atoms with van der Waals surface area (Å²) < 4.78 is 0.598. The Bertz CT molecular complexity index is 521. The summed E-state index contributed by atoms with van der Waals surface area (Å²) in [5, 5.41) is 10.8. The summed E-state index contributed by atoms with van der Waals surface area (Å²) in [5.41, 5.74) is 6.35. The third kappa shape index (κ3) is 3.14. The molecule has 1 saturated heterocycles. The molecular weight excluding hydrogens is 361 g/mol. The Morgan fingerprint density at radius 3 is 2.84 bits per heavy atom. The Hall–Kier alpha value is -1.38. The van der Waals surface area contributed by atoms with Gasteiger partial charge in [0.25, 0.3) is 5.69 Å². The molecular formula is C12H14IN3O3. The highest BCUT2D eigenvalue weighted by atomic mass is 127. The lowest BCUT2D eigenvalue weighted by Gasteiger charge is -2.33. The second-order valence-corrected chi connectivity index (χ2v) is 5.74. The van der Waals surface area contributed by atoms with Crippen LogP contribution in [-0.4, -0.2) is 23.9 Å². The molecule has 7 heteroatoms. The van der Waals surface area contributed by atoms with Gasteiger partial charge in [-0.3, -0.25) is 14.9 Å². The number of anilines is 1. The number of primary amides is 1. The quantitative estimate of drug-likeness (QED) is 0.497. The summed E-state index contributed by atoms with van der Waals surface area (Å²) in [5.74, 6) is -0.414. The molecule has 0 saturated carbocycles. The number of piperidine rings is 1. The van der Waals surface area contributed by atoms with Gasteiger partial charge in [-0.1, -0.05) is 0 Å². The van der Waals surface area contributed by atoms with Crippen molar-refractivity contribution < 1.29 is 9.72 Å². The highest BCUT2D eigenvalue weighted by molar-refractivity contribution is 14.1. The Morgan fingerprint density at radius 2 is 2.26 bits per heavy atom. The summed E-state index contributed by atoms with van der Waals surface area (Å²) in [6, 6.07) is 5.01. The third-order valence-corrected chi connectivity index (χ3v) is 4.18. The number of benzene rings is 1. The van der Waals surface area contributed by atoms with Gasteiger partial charge in [-0.05, 0) is 47.6 Å². The highest BCUT2D eigenvalue weighted by Gasteiger charge is 2.25. The number of nitrogens with zero attached hydrogens (tertiary/aromatic N) is 2. The van der Waals surface area contributed by atoms with E-state index in [1.54, 1.807) is 12.1 Å². The normalized spacial score (nSPS) is 19.2. The number of amides is 1. The van der Waals surface area contributed by atoms with E-state index in [1.807, 2.05) is 22.6 Å². The first-order valence-electron chi connectivity index (χ1n) is 5.97. The van der Waals surface area contributed by atoms with Crippen LogP contribution in [0.5, 0.6) is 0 Å². The molecule has 1 aliphatic heterocycles.